The summed E-state index contributed by atoms with van der Waals surface area (Å²) in [4.78, 5) is 24.5. The van der Waals surface area contributed by atoms with Crippen LogP contribution >= 0.6 is 11.6 Å². The molecule has 9 nitrogen and oxygen atoms in total. The van der Waals surface area contributed by atoms with Crippen LogP contribution in [0.1, 0.15) is 30.0 Å². The number of aromatic nitrogens is 2. The molecule has 0 unspecified atom stereocenters. The van der Waals surface area contributed by atoms with Crippen LogP contribution in [0.2, 0.25) is 5.02 Å². The van der Waals surface area contributed by atoms with Crippen molar-refractivity contribution in [2.75, 3.05) is 23.7 Å². The van der Waals surface area contributed by atoms with Gasteiger partial charge in [0.25, 0.3) is 0 Å². The number of urea groups is 1. The molecule has 2 aromatic carbocycles. The molecule has 2 N–H and O–H groups in total. The first kappa shape index (κ1) is 27.6. The zero-order chi connectivity index (χ0) is 27.5. The molecule has 4 rings (SSSR count). The molecule has 2 heterocycles. The molecule has 202 valence electrons. The Morgan fingerprint density at radius 1 is 1.08 bits per heavy atom. The summed E-state index contributed by atoms with van der Waals surface area (Å²) in [6.07, 6.45) is -1.39. The van der Waals surface area contributed by atoms with E-state index >= 15 is 0 Å². The Labute approximate surface area is 222 Å². The van der Waals surface area contributed by atoms with Crippen LogP contribution in [0.25, 0.3) is 0 Å². The second-order valence-electron chi connectivity index (χ2n) is 8.58. The molecule has 1 saturated heterocycles. The van der Waals surface area contributed by atoms with Gasteiger partial charge in [-0.2, -0.15) is 13.2 Å². The van der Waals surface area contributed by atoms with Crippen LogP contribution in [-0.4, -0.2) is 48.2 Å². The van der Waals surface area contributed by atoms with Gasteiger partial charge in [-0.3, -0.25) is 4.90 Å². The van der Waals surface area contributed by atoms with E-state index in [1.54, 1.807) is 24.3 Å². The lowest BCUT2D eigenvalue weighted by molar-refractivity contribution is -0.137. The van der Waals surface area contributed by atoms with Gasteiger partial charge in [-0.1, -0.05) is 23.7 Å². The van der Waals surface area contributed by atoms with Gasteiger partial charge in [0.15, 0.2) is 5.82 Å². The number of hydrogen-bond acceptors (Lipinski definition) is 6. The zero-order valence-corrected chi connectivity index (χ0v) is 21.4. The largest absolute Gasteiger partial charge is 0.438 e. The third-order valence-electron chi connectivity index (χ3n) is 5.78. The lowest BCUT2D eigenvalue weighted by atomic mass is 10.0. The molecule has 1 fully saturated rings. The predicted octanol–water partition coefficient (Wildman–Crippen LogP) is 4.99. The van der Waals surface area contributed by atoms with E-state index < -0.39 is 33.8 Å². The third kappa shape index (κ3) is 6.91. The number of carbonyl (C=O) groups is 1. The Kier molecular flexibility index (Phi) is 8.09. The summed E-state index contributed by atoms with van der Waals surface area (Å²) in [5, 5.41) is 5.56. The topological polar surface area (TPSA) is 119 Å². The third-order valence-corrected chi connectivity index (χ3v) is 6.89. The number of nitrogens with two attached hydrogens (primary N) is 1. The number of unbranched alkanes of at least 4 members (excludes halogenated alkanes) is 1. The maximum atomic E-state index is 13.4. The van der Waals surface area contributed by atoms with E-state index in [0.29, 0.717) is 17.2 Å². The number of sulfonamides is 1. The molecular formula is C24H23ClF3N5O4S. The number of anilines is 1. The van der Waals surface area contributed by atoms with Gasteiger partial charge in [-0.15, -0.1) is 0 Å². The van der Waals surface area contributed by atoms with Crippen molar-refractivity contribution in [1.29, 1.82) is 0 Å². The molecule has 1 aliphatic heterocycles. The maximum Gasteiger partial charge on any atom is 0.416 e. The molecule has 2 amide bonds. The summed E-state index contributed by atoms with van der Waals surface area (Å²) in [5.74, 6) is 0.475. The van der Waals surface area contributed by atoms with Crippen LogP contribution in [0.15, 0.2) is 60.9 Å². The number of hydrogen-bond donors (Lipinski definition) is 1. The van der Waals surface area contributed by atoms with Crippen molar-refractivity contribution in [3.63, 3.8) is 0 Å². The van der Waals surface area contributed by atoms with E-state index in [0.717, 1.165) is 12.1 Å². The number of rotatable bonds is 9. The normalized spacial score (nSPS) is 16.2. The molecule has 1 aliphatic rings. The Morgan fingerprint density at radius 2 is 1.82 bits per heavy atom. The van der Waals surface area contributed by atoms with E-state index in [9.17, 15) is 26.4 Å². The highest BCUT2D eigenvalue weighted by Crippen LogP contribution is 2.37. The Hall–Kier alpha value is -3.42. The fourth-order valence-electron chi connectivity index (χ4n) is 3.99. The van der Waals surface area contributed by atoms with Gasteiger partial charge in [0.2, 0.25) is 15.9 Å². The first-order chi connectivity index (χ1) is 17.9. The summed E-state index contributed by atoms with van der Waals surface area (Å²) in [6, 6.07) is 10.0. The minimum absolute atomic E-state index is 0.0697. The molecule has 1 atom stereocenters. The van der Waals surface area contributed by atoms with Crippen molar-refractivity contribution in [3.05, 3.63) is 77.1 Å². The number of benzene rings is 2. The predicted molar refractivity (Wildman–Crippen MR) is 134 cm³/mol. The van der Waals surface area contributed by atoms with Crippen LogP contribution in [0.5, 0.6) is 11.6 Å². The molecule has 38 heavy (non-hydrogen) atoms. The van der Waals surface area contributed by atoms with E-state index in [4.69, 9.17) is 21.5 Å². The van der Waals surface area contributed by atoms with Gasteiger partial charge in [0.05, 0.1) is 29.8 Å². The van der Waals surface area contributed by atoms with Crippen molar-refractivity contribution in [2.24, 2.45) is 5.14 Å². The van der Waals surface area contributed by atoms with Crippen molar-refractivity contribution in [2.45, 2.75) is 25.1 Å². The quantitative estimate of drug-likeness (QED) is 0.363. The second kappa shape index (κ2) is 11.1. The number of primary sulfonamides is 1. The zero-order valence-electron chi connectivity index (χ0n) is 19.8. The number of carbonyl (C=O) groups excluding carboxylic acids is 1. The minimum Gasteiger partial charge on any atom is -0.438 e. The summed E-state index contributed by atoms with van der Waals surface area (Å²) >= 11 is 5.87. The molecule has 1 aromatic heterocycles. The van der Waals surface area contributed by atoms with Gasteiger partial charge < -0.3 is 9.64 Å². The molecule has 0 spiro atoms. The average molecular weight is 570 g/mol. The fraction of sp³-hybridized carbons (Fsp3) is 0.292. The SMILES string of the molecule is NS(=O)(=O)CCCCN1C[C@H](c2cccc(C(F)(F)F)c2)N(c2cnc(Oc3ccc(Cl)cc3)cn2)C1=O. The highest BCUT2D eigenvalue weighted by atomic mass is 35.5. The first-order valence-corrected chi connectivity index (χ1v) is 13.5. The summed E-state index contributed by atoms with van der Waals surface area (Å²) in [5.41, 5.74) is -0.574. The monoisotopic (exact) mass is 569 g/mol. The van der Waals surface area contributed by atoms with Crippen LogP contribution in [0.3, 0.4) is 0 Å². The van der Waals surface area contributed by atoms with Gasteiger partial charge in [0, 0.05) is 18.1 Å². The molecule has 0 bridgehead atoms. The van der Waals surface area contributed by atoms with Crippen LogP contribution in [0.4, 0.5) is 23.8 Å². The number of halogens is 4. The van der Waals surface area contributed by atoms with E-state index in [-0.39, 0.29) is 42.5 Å². The Morgan fingerprint density at radius 3 is 2.45 bits per heavy atom. The summed E-state index contributed by atoms with van der Waals surface area (Å²) < 4.78 is 68.2. The average Bonchev–Trinajstić information content (AvgIpc) is 3.19. The Balaban J connectivity index is 1.58. The van der Waals surface area contributed by atoms with Crippen molar-refractivity contribution in [3.8, 4) is 11.6 Å². The van der Waals surface area contributed by atoms with E-state index in [2.05, 4.69) is 9.97 Å². The van der Waals surface area contributed by atoms with Gasteiger partial charge in [0.1, 0.15) is 5.75 Å². The van der Waals surface area contributed by atoms with Crippen molar-refractivity contribution < 1.29 is 31.1 Å². The standard InChI is InChI=1S/C24H23ClF3N5O4S/c25-18-6-8-19(9-7-18)37-22-14-30-21(13-31-22)33-20(16-4-3-5-17(12-16)24(26,27)28)15-32(23(33)34)10-1-2-11-38(29,35)36/h3-9,12-14,20H,1-2,10-11,15H2,(H2,29,35,36)/t20-/m1/s1. The number of amides is 2. The molecule has 14 heteroatoms. The number of nitrogens with zero attached hydrogens (tertiary/aromatic N) is 4. The molecule has 0 aliphatic carbocycles. The highest BCUT2D eigenvalue weighted by Gasteiger charge is 2.41. The van der Waals surface area contributed by atoms with Crippen LogP contribution in [-0.2, 0) is 16.2 Å². The molecular weight excluding hydrogens is 547 g/mol. The smallest absolute Gasteiger partial charge is 0.416 e. The summed E-state index contributed by atoms with van der Waals surface area (Å²) in [6.45, 7) is 0.256. The van der Waals surface area contributed by atoms with Crippen molar-refractivity contribution in [1.82, 2.24) is 14.9 Å². The lowest BCUT2D eigenvalue weighted by Crippen LogP contribution is -2.33. The van der Waals surface area contributed by atoms with Crippen molar-refractivity contribution >= 4 is 33.5 Å². The van der Waals surface area contributed by atoms with E-state index in [1.807, 2.05) is 0 Å². The number of ether oxygens (including phenoxy) is 1. The van der Waals surface area contributed by atoms with Gasteiger partial charge in [-0.05, 0) is 54.8 Å². The second-order valence-corrected chi connectivity index (χ2v) is 10.8. The van der Waals surface area contributed by atoms with E-state index in [1.165, 1.54) is 34.3 Å². The maximum absolute atomic E-state index is 13.4. The van der Waals surface area contributed by atoms with Crippen LogP contribution < -0.4 is 14.8 Å². The van der Waals surface area contributed by atoms with Gasteiger partial charge >= 0.3 is 12.2 Å². The minimum atomic E-state index is -4.56. The number of alkyl halides is 3. The molecule has 0 radical (unpaired) electrons. The first-order valence-electron chi connectivity index (χ1n) is 11.4. The lowest BCUT2D eigenvalue weighted by Gasteiger charge is -2.23. The molecule has 0 saturated carbocycles. The molecule has 3 aromatic rings. The van der Waals surface area contributed by atoms with Gasteiger partial charge in [-0.25, -0.2) is 28.3 Å². The summed E-state index contributed by atoms with van der Waals surface area (Å²) in [7, 11) is -3.65. The highest BCUT2D eigenvalue weighted by molar-refractivity contribution is 7.89. The Bertz CT molecular complexity index is 1390. The fourth-order valence-corrected chi connectivity index (χ4v) is 4.72. The van der Waals surface area contributed by atoms with Crippen LogP contribution in [0, 0.1) is 0 Å².